The van der Waals surface area contributed by atoms with E-state index in [4.69, 9.17) is 11.6 Å². The average molecular weight is 457 g/mol. The number of nitrogens with one attached hydrogen (secondary N) is 1. The Balaban J connectivity index is 1.86. The highest BCUT2D eigenvalue weighted by Gasteiger charge is 2.31. The van der Waals surface area contributed by atoms with Crippen LogP contribution in [0, 0.1) is 13.8 Å². The van der Waals surface area contributed by atoms with Crippen molar-refractivity contribution in [1.82, 2.24) is 19.8 Å². The number of carbonyl (C=O) groups excluding carboxylic acids is 2. The zero-order valence-electron chi connectivity index (χ0n) is 17.3. The van der Waals surface area contributed by atoms with Crippen LogP contribution in [0.3, 0.4) is 0 Å². The third-order valence-electron chi connectivity index (χ3n) is 5.37. The first-order valence-electron chi connectivity index (χ1n) is 9.82. The molecule has 31 heavy (non-hydrogen) atoms. The number of aromatic nitrogens is 2. The van der Waals surface area contributed by atoms with Gasteiger partial charge < -0.3 is 5.32 Å². The van der Waals surface area contributed by atoms with E-state index in [1.807, 2.05) is 32.0 Å². The van der Waals surface area contributed by atoms with Gasteiger partial charge in [0.05, 0.1) is 21.8 Å². The van der Waals surface area contributed by atoms with Crippen molar-refractivity contribution in [3.05, 3.63) is 62.9 Å². The molecule has 1 aliphatic heterocycles. The highest BCUT2D eigenvalue weighted by molar-refractivity contribution is 8.00. The smallest absolute Gasteiger partial charge is 0.324 e. The molecule has 2 aromatic carbocycles. The van der Waals surface area contributed by atoms with Gasteiger partial charge in [-0.1, -0.05) is 35.5 Å². The molecule has 7 nitrogen and oxygen atoms in total. The molecule has 0 bridgehead atoms. The number of rotatable bonds is 4. The molecule has 0 spiro atoms. The topological polar surface area (TPSA) is 84.3 Å². The number of amides is 3. The van der Waals surface area contributed by atoms with Crippen molar-refractivity contribution in [2.24, 2.45) is 0 Å². The summed E-state index contributed by atoms with van der Waals surface area (Å²) in [5.74, 6) is -0.326. The fourth-order valence-electron chi connectivity index (χ4n) is 3.52. The SMILES string of the molecule is Cc1cccc(-n2c(SC(C)C(=O)N3CCNC3=O)nc3cc(Cl)ccc3c2=O)c1C. The van der Waals surface area contributed by atoms with Crippen LogP contribution in [-0.2, 0) is 4.79 Å². The molecule has 0 radical (unpaired) electrons. The summed E-state index contributed by atoms with van der Waals surface area (Å²) in [6, 6.07) is 10.3. The first kappa shape index (κ1) is 21.4. The number of thioether (sulfide) groups is 1. The normalized spacial score (nSPS) is 14.7. The first-order valence-corrected chi connectivity index (χ1v) is 11.1. The number of halogens is 1. The molecule has 1 aromatic heterocycles. The molecule has 4 rings (SSSR count). The van der Waals surface area contributed by atoms with Gasteiger partial charge in [-0.15, -0.1) is 0 Å². The van der Waals surface area contributed by atoms with Crippen molar-refractivity contribution in [2.45, 2.75) is 31.2 Å². The number of imide groups is 1. The number of urea groups is 1. The van der Waals surface area contributed by atoms with E-state index in [-0.39, 0.29) is 11.5 Å². The van der Waals surface area contributed by atoms with Gasteiger partial charge in [0.25, 0.3) is 5.56 Å². The summed E-state index contributed by atoms with van der Waals surface area (Å²) in [5, 5.41) is 3.29. The molecular weight excluding hydrogens is 436 g/mol. The minimum atomic E-state index is -0.622. The zero-order chi connectivity index (χ0) is 22.3. The predicted octanol–water partition coefficient (Wildman–Crippen LogP) is 3.69. The van der Waals surface area contributed by atoms with Crippen LogP contribution in [-0.4, -0.2) is 44.7 Å². The monoisotopic (exact) mass is 456 g/mol. The van der Waals surface area contributed by atoms with Gasteiger partial charge in [-0.3, -0.25) is 19.1 Å². The van der Waals surface area contributed by atoms with Gasteiger partial charge in [0, 0.05) is 18.1 Å². The zero-order valence-corrected chi connectivity index (χ0v) is 18.9. The second-order valence-electron chi connectivity index (χ2n) is 7.40. The molecule has 3 amide bonds. The largest absolute Gasteiger partial charge is 0.336 e. The minimum Gasteiger partial charge on any atom is -0.336 e. The lowest BCUT2D eigenvalue weighted by atomic mass is 10.1. The van der Waals surface area contributed by atoms with Crippen LogP contribution in [0.1, 0.15) is 18.1 Å². The average Bonchev–Trinajstić information content (AvgIpc) is 3.16. The van der Waals surface area contributed by atoms with Crippen molar-refractivity contribution in [2.75, 3.05) is 13.1 Å². The summed E-state index contributed by atoms with van der Waals surface area (Å²) in [7, 11) is 0. The number of nitrogens with zero attached hydrogens (tertiary/aromatic N) is 3. The van der Waals surface area contributed by atoms with Crippen LogP contribution < -0.4 is 10.9 Å². The Morgan fingerprint density at radius 3 is 2.71 bits per heavy atom. The van der Waals surface area contributed by atoms with Crippen LogP contribution in [0.4, 0.5) is 4.79 Å². The Kier molecular flexibility index (Phi) is 5.77. The Bertz CT molecular complexity index is 1270. The van der Waals surface area contributed by atoms with Crippen LogP contribution in [0.5, 0.6) is 0 Å². The summed E-state index contributed by atoms with van der Waals surface area (Å²) in [4.78, 5) is 44.1. The lowest BCUT2D eigenvalue weighted by Crippen LogP contribution is -2.39. The van der Waals surface area contributed by atoms with Crippen molar-refractivity contribution >= 4 is 46.2 Å². The first-order chi connectivity index (χ1) is 14.8. The van der Waals surface area contributed by atoms with Gasteiger partial charge in [0.2, 0.25) is 5.91 Å². The van der Waals surface area contributed by atoms with Gasteiger partial charge in [0.1, 0.15) is 0 Å². The molecule has 1 atom stereocenters. The highest BCUT2D eigenvalue weighted by atomic mass is 35.5. The standard InChI is InChI=1S/C22H21ClN4O3S/c1-12-5-4-6-18(13(12)2)27-20(29)16-8-7-15(23)11-17(16)25-22(27)31-14(3)19(28)26-10-9-24-21(26)30/h4-8,11,14H,9-10H2,1-3H3,(H,24,30). The molecule has 0 saturated carbocycles. The van der Waals surface area contributed by atoms with Gasteiger partial charge >= 0.3 is 6.03 Å². The molecule has 1 unspecified atom stereocenters. The third kappa shape index (κ3) is 3.93. The number of carbonyl (C=O) groups is 2. The lowest BCUT2D eigenvalue weighted by Gasteiger charge is -2.20. The van der Waals surface area contributed by atoms with E-state index in [0.29, 0.717) is 39.9 Å². The molecule has 1 aliphatic rings. The second kappa shape index (κ2) is 8.36. The van der Waals surface area contributed by atoms with Gasteiger partial charge in [-0.25, -0.2) is 9.78 Å². The second-order valence-corrected chi connectivity index (χ2v) is 9.14. The van der Waals surface area contributed by atoms with E-state index in [9.17, 15) is 14.4 Å². The molecule has 2 heterocycles. The lowest BCUT2D eigenvalue weighted by molar-refractivity contribution is -0.126. The van der Waals surface area contributed by atoms with E-state index in [1.54, 1.807) is 25.1 Å². The summed E-state index contributed by atoms with van der Waals surface area (Å²) in [5.41, 5.74) is 2.90. The number of hydrogen-bond donors (Lipinski definition) is 1. The number of fused-ring (bicyclic) bond motifs is 1. The van der Waals surface area contributed by atoms with Crippen molar-refractivity contribution in [3.63, 3.8) is 0 Å². The van der Waals surface area contributed by atoms with E-state index < -0.39 is 11.3 Å². The Morgan fingerprint density at radius 2 is 2.00 bits per heavy atom. The maximum atomic E-state index is 13.5. The number of aryl methyl sites for hydroxylation is 1. The van der Waals surface area contributed by atoms with Gasteiger partial charge in [0.15, 0.2) is 5.16 Å². The summed E-state index contributed by atoms with van der Waals surface area (Å²) in [6.45, 7) is 6.39. The molecule has 1 fully saturated rings. The van der Waals surface area contributed by atoms with Gasteiger partial charge in [-0.2, -0.15) is 0 Å². The summed E-state index contributed by atoms with van der Waals surface area (Å²) >= 11 is 7.27. The molecule has 0 aliphatic carbocycles. The van der Waals surface area contributed by atoms with E-state index in [2.05, 4.69) is 10.3 Å². The maximum absolute atomic E-state index is 13.5. The third-order valence-corrected chi connectivity index (χ3v) is 6.65. The molecule has 9 heteroatoms. The Labute approximate surface area is 188 Å². The van der Waals surface area contributed by atoms with Crippen LogP contribution >= 0.6 is 23.4 Å². The molecule has 160 valence electrons. The van der Waals surface area contributed by atoms with Crippen molar-refractivity contribution in [1.29, 1.82) is 0 Å². The molecule has 1 saturated heterocycles. The Hall–Kier alpha value is -2.84. The Morgan fingerprint density at radius 1 is 1.23 bits per heavy atom. The van der Waals surface area contributed by atoms with E-state index >= 15 is 0 Å². The van der Waals surface area contributed by atoms with Crippen LogP contribution in [0.2, 0.25) is 5.02 Å². The fraction of sp³-hybridized carbons (Fsp3) is 0.273. The molecule has 1 N–H and O–H groups in total. The quantitative estimate of drug-likeness (QED) is 0.478. The fourth-order valence-corrected chi connectivity index (χ4v) is 4.67. The van der Waals surface area contributed by atoms with Crippen LogP contribution in [0.25, 0.3) is 16.6 Å². The van der Waals surface area contributed by atoms with Gasteiger partial charge in [-0.05, 0) is 56.2 Å². The van der Waals surface area contributed by atoms with E-state index in [1.165, 1.54) is 9.47 Å². The molecule has 3 aromatic rings. The summed E-state index contributed by atoms with van der Waals surface area (Å²) < 4.78 is 1.54. The number of hydrogen-bond acceptors (Lipinski definition) is 5. The van der Waals surface area contributed by atoms with Crippen LogP contribution in [0.15, 0.2) is 46.3 Å². The van der Waals surface area contributed by atoms with Crippen molar-refractivity contribution < 1.29 is 9.59 Å². The predicted molar refractivity (Wildman–Crippen MR) is 122 cm³/mol. The highest BCUT2D eigenvalue weighted by Crippen LogP contribution is 2.29. The summed E-state index contributed by atoms with van der Waals surface area (Å²) in [6.07, 6.45) is 0. The maximum Gasteiger partial charge on any atom is 0.324 e. The minimum absolute atomic E-state index is 0.239. The van der Waals surface area contributed by atoms with E-state index in [0.717, 1.165) is 22.9 Å². The number of benzene rings is 2. The van der Waals surface area contributed by atoms with Crippen molar-refractivity contribution in [3.8, 4) is 5.69 Å². The molecular formula is C22H21ClN4O3S.